The summed E-state index contributed by atoms with van der Waals surface area (Å²) in [6.07, 6.45) is 2.26. The molecular weight excluding hydrogens is 172 g/mol. The molecule has 0 spiro atoms. The molecule has 2 rings (SSSR count). The van der Waals surface area contributed by atoms with Gasteiger partial charge in [-0.05, 0) is 63.3 Å². The van der Waals surface area contributed by atoms with Gasteiger partial charge in [0.05, 0.1) is 0 Å². The molecule has 1 heteroatoms. The van der Waals surface area contributed by atoms with Gasteiger partial charge in [-0.15, -0.1) is 0 Å². The van der Waals surface area contributed by atoms with Crippen LogP contribution in [0.2, 0.25) is 0 Å². The lowest BCUT2D eigenvalue weighted by Crippen LogP contribution is -2.32. The number of ether oxygens (including phenoxy) is 1. The normalized spacial score (nSPS) is 18.6. The summed E-state index contributed by atoms with van der Waals surface area (Å²) in [6.45, 7) is 8.62. The number of hydrogen-bond acceptors (Lipinski definition) is 1. The SMILES string of the molecule is Cc1cc(C)c2c(c1)OC(C)(C)CC2. The highest BCUT2D eigenvalue weighted by molar-refractivity contribution is 5.44. The Labute approximate surface area is 86.1 Å². The van der Waals surface area contributed by atoms with Crippen LogP contribution in [-0.4, -0.2) is 5.60 Å². The number of rotatable bonds is 0. The van der Waals surface area contributed by atoms with E-state index in [0.717, 1.165) is 18.6 Å². The third-order valence-electron chi connectivity index (χ3n) is 2.94. The molecule has 0 N–H and O–H groups in total. The average Bonchev–Trinajstić information content (AvgIpc) is 2.00. The van der Waals surface area contributed by atoms with Crippen LogP contribution in [0.4, 0.5) is 0 Å². The number of fused-ring (bicyclic) bond motifs is 1. The molecule has 0 aliphatic carbocycles. The van der Waals surface area contributed by atoms with Crippen LogP contribution in [0.1, 0.15) is 37.0 Å². The molecule has 0 bridgehead atoms. The fourth-order valence-electron chi connectivity index (χ4n) is 2.14. The predicted octanol–water partition coefficient (Wildman–Crippen LogP) is 3.41. The van der Waals surface area contributed by atoms with Crippen LogP contribution >= 0.6 is 0 Å². The number of hydrogen-bond donors (Lipinski definition) is 0. The van der Waals surface area contributed by atoms with Crippen molar-refractivity contribution in [3.63, 3.8) is 0 Å². The van der Waals surface area contributed by atoms with Crippen LogP contribution in [-0.2, 0) is 6.42 Å². The fraction of sp³-hybridized carbons (Fsp3) is 0.538. The van der Waals surface area contributed by atoms with Crippen molar-refractivity contribution in [2.75, 3.05) is 0 Å². The Bertz CT molecular complexity index is 364. The van der Waals surface area contributed by atoms with Crippen molar-refractivity contribution >= 4 is 0 Å². The van der Waals surface area contributed by atoms with Crippen LogP contribution in [0.3, 0.4) is 0 Å². The maximum Gasteiger partial charge on any atom is 0.123 e. The molecular formula is C13H18O. The molecule has 1 aromatic carbocycles. The smallest absolute Gasteiger partial charge is 0.123 e. The van der Waals surface area contributed by atoms with Crippen LogP contribution in [0.5, 0.6) is 5.75 Å². The molecule has 0 saturated heterocycles. The Morgan fingerprint density at radius 3 is 2.64 bits per heavy atom. The quantitative estimate of drug-likeness (QED) is 0.609. The first-order valence-electron chi connectivity index (χ1n) is 5.27. The second kappa shape index (κ2) is 3.01. The Balaban J connectivity index is 2.47. The van der Waals surface area contributed by atoms with Crippen LogP contribution in [0.15, 0.2) is 12.1 Å². The standard InChI is InChI=1S/C13H18O/c1-9-7-10(2)11-5-6-13(3,4)14-12(11)8-9/h7-8H,5-6H2,1-4H3. The third kappa shape index (κ3) is 1.63. The van der Waals surface area contributed by atoms with Crippen LogP contribution < -0.4 is 4.74 Å². The molecule has 0 unspecified atom stereocenters. The van der Waals surface area contributed by atoms with E-state index in [-0.39, 0.29) is 5.60 Å². The van der Waals surface area contributed by atoms with Gasteiger partial charge in [-0.25, -0.2) is 0 Å². The Kier molecular flexibility index (Phi) is 2.06. The van der Waals surface area contributed by atoms with Gasteiger partial charge in [0.2, 0.25) is 0 Å². The second-order valence-corrected chi connectivity index (χ2v) is 4.92. The van der Waals surface area contributed by atoms with Crippen molar-refractivity contribution < 1.29 is 4.74 Å². The second-order valence-electron chi connectivity index (χ2n) is 4.92. The Morgan fingerprint density at radius 2 is 1.93 bits per heavy atom. The molecule has 0 fully saturated rings. The molecule has 76 valence electrons. The Hall–Kier alpha value is -0.980. The summed E-state index contributed by atoms with van der Waals surface area (Å²) < 4.78 is 5.98. The summed E-state index contributed by atoms with van der Waals surface area (Å²) in [5.74, 6) is 1.10. The van der Waals surface area contributed by atoms with Crippen LogP contribution in [0, 0.1) is 13.8 Å². The van der Waals surface area contributed by atoms with Crippen molar-refractivity contribution in [3.05, 3.63) is 28.8 Å². The highest BCUT2D eigenvalue weighted by atomic mass is 16.5. The van der Waals surface area contributed by atoms with Crippen molar-refractivity contribution in [1.29, 1.82) is 0 Å². The highest BCUT2D eigenvalue weighted by Crippen LogP contribution is 2.35. The van der Waals surface area contributed by atoms with Gasteiger partial charge in [-0.3, -0.25) is 0 Å². The van der Waals surface area contributed by atoms with Gasteiger partial charge in [-0.2, -0.15) is 0 Å². The van der Waals surface area contributed by atoms with Crippen LogP contribution in [0.25, 0.3) is 0 Å². The van der Waals surface area contributed by atoms with Crippen molar-refractivity contribution in [3.8, 4) is 5.75 Å². The first-order valence-corrected chi connectivity index (χ1v) is 5.27. The minimum Gasteiger partial charge on any atom is -0.488 e. The van der Waals surface area contributed by atoms with E-state index in [4.69, 9.17) is 4.74 Å². The third-order valence-corrected chi connectivity index (χ3v) is 2.94. The predicted molar refractivity (Wildman–Crippen MR) is 58.9 cm³/mol. The van der Waals surface area contributed by atoms with E-state index in [9.17, 15) is 0 Å². The van der Waals surface area contributed by atoms with Gasteiger partial charge in [0.15, 0.2) is 0 Å². The van der Waals surface area contributed by atoms with E-state index in [1.54, 1.807) is 0 Å². The highest BCUT2D eigenvalue weighted by Gasteiger charge is 2.27. The van der Waals surface area contributed by atoms with E-state index in [1.165, 1.54) is 16.7 Å². The summed E-state index contributed by atoms with van der Waals surface area (Å²) in [6, 6.07) is 4.39. The molecule has 1 nitrogen and oxygen atoms in total. The zero-order chi connectivity index (χ0) is 10.3. The summed E-state index contributed by atoms with van der Waals surface area (Å²) in [5, 5.41) is 0. The lowest BCUT2D eigenvalue weighted by atomic mass is 9.91. The first-order chi connectivity index (χ1) is 6.48. The lowest BCUT2D eigenvalue weighted by Gasteiger charge is -2.33. The van der Waals surface area contributed by atoms with Gasteiger partial charge in [0.1, 0.15) is 11.4 Å². The molecule has 1 aromatic rings. The Morgan fingerprint density at radius 1 is 1.21 bits per heavy atom. The van der Waals surface area contributed by atoms with Crippen molar-refractivity contribution in [2.45, 2.75) is 46.1 Å². The number of aryl methyl sites for hydroxylation is 2. The van der Waals surface area contributed by atoms with Gasteiger partial charge in [0, 0.05) is 0 Å². The molecule has 0 saturated carbocycles. The maximum absolute atomic E-state index is 5.98. The summed E-state index contributed by atoms with van der Waals surface area (Å²) in [7, 11) is 0. The summed E-state index contributed by atoms with van der Waals surface area (Å²) in [4.78, 5) is 0. The van der Waals surface area contributed by atoms with E-state index in [2.05, 4.69) is 39.8 Å². The van der Waals surface area contributed by atoms with E-state index < -0.39 is 0 Å². The fourth-order valence-corrected chi connectivity index (χ4v) is 2.14. The summed E-state index contributed by atoms with van der Waals surface area (Å²) >= 11 is 0. The summed E-state index contributed by atoms with van der Waals surface area (Å²) in [5.41, 5.74) is 4.07. The molecule has 0 radical (unpaired) electrons. The zero-order valence-corrected chi connectivity index (χ0v) is 9.48. The van der Waals surface area contributed by atoms with Gasteiger partial charge in [0.25, 0.3) is 0 Å². The van der Waals surface area contributed by atoms with Gasteiger partial charge in [-0.1, -0.05) is 6.07 Å². The van der Waals surface area contributed by atoms with Gasteiger partial charge < -0.3 is 4.74 Å². The molecule has 0 atom stereocenters. The van der Waals surface area contributed by atoms with Gasteiger partial charge >= 0.3 is 0 Å². The zero-order valence-electron chi connectivity index (χ0n) is 9.48. The molecule has 1 heterocycles. The maximum atomic E-state index is 5.98. The molecule has 14 heavy (non-hydrogen) atoms. The average molecular weight is 190 g/mol. The first kappa shape index (κ1) is 9.57. The monoisotopic (exact) mass is 190 g/mol. The van der Waals surface area contributed by atoms with Crippen molar-refractivity contribution in [2.24, 2.45) is 0 Å². The van der Waals surface area contributed by atoms with E-state index in [1.807, 2.05) is 0 Å². The molecule has 0 aromatic heterocycles. The molecule has 0 amide bonds. The largest absolute Gasteiger partial charge is 0.488 e. The molecule has 1 aliphatic rings. The molecule has 1 aliphatic heterocycles. The minimum absolute atomic E-state index is 0.00718. The topological polar surface area (TPSA) is 9.23 Å². The lowest BCUT2D eigenvalue weighted by molar-refractivity contribution is 0.0844. The van der Waals surface area contributed by atoms with E-state index >= 15 is 0 Å². The van der Waals surface area contributed by atoms with Crippen molar-refractivity contribution in [1.82, 2.24) is 0 Å². The minimum atomic E-state index is 0.00718. The number of benzene rings is 1. The van der Waals surface area contributed by atoms with E-state index in [0.29, 0.717) is 0 Å².